The molecule has 0 spiro atoms. The molecular weight excluding hydrogens is 331 g/mol. The number of benzene rings is 1. The molecule has 0 amide bonds. The summed E-state index contributed by atoms with van der Waals surface area (Å²) in [4.78, 5) is 12.3. The molecule has 0 bridgehead atoms. The van der Waals surface area contributed by atoms with Crippen LogP contribution in [0.4, 0.5) is 13.2 Å². The van der Waals surface area contributed by atoms with Crippen LogP contribution < -0.4 is 5.69 Å². The minimum atomic E-state index is -4.78. The molecule has 122 valence electrons. The van der Waals surface area contributed by atoms with Crippen LogP contribution in [-0.2, 0) is 17.3 Å². The molecule has 23 heavy (non-hydrogen) atoms. The summed E-state index contributed by atoms with van der Waals surface area (Å²) < 4.78 is 50.2. The highest BCUT2D eigenvalue weighted by Gasteiger charge is 2.36. The van der Waals surface area contributed by atoms with Crippen molar-refractivity contribution < 1.29 is 17.4 Å². The fourth-order valence-electron chi connectivity index (χ4n) is 2.07. The van der Waals surface area contributed by atoms with E-state index >= 15 is 0 Å². The molecule has 1 aromatic heterocycles. The van der Waals surface area contributed by atoms with E-state index in [4.69, 9.17) is 5.26 Å². The Morgan fingerprint density at radius 2 is 1.87 bits per heavy atom. The Morgan fingerprint density at radius 3 is 2.39 bits per heavy atom. The maximum absolute atomic E-state index is 12.3. The first-order valence-electron chi connectivity index (χ1n) is 6.48. The van der Waals surface area contributed by atoms with Crippen molar-refractivity contribution >= 4 is 10.8 Å². The highest BCUT2D eigenvalue weighted by Crippen LogP contribution is 2.20. The lowest BCUT2D eigenvalue weighted by Gasteiger charge is -2.06. The summed E-state index contributed by atoms with van der Waals surface area (Å²) in [6, 6.07) is 8.18. The van der Waals surface area contributed by atoms with Crippen molar-refractivity contribution in [3.05, 3.63) is 52.2 Å². The van der Waals surface area contributed by atoms with Gasteiger partial charge in [0.2, 0.25) is 0 Å². The van der Waals surface area contributed by atoms with Gasteiger partial charge in [-0.15, -0.1) is 0 Å². The van der Waals surface area contributed by atoms with Crippen molar-refractivity contribution in [2.24, 2.45) is 0 Å². The van der Waals surface area contributed by atoms with Gasteiger partial charge in [-0.3, -0.25) is 13.3 Å². The minimum Gasteiger partial charge on any atom is -0.298 e. The van der Waals surface area contributed by atoms with E-state index in [0.717, 1.165) is 4.57 Å². The first kappa shape index (κ1) is 17.0. The smallest absolute Gasteiger partial charge is 0.298 e. The molecule has 0 radical (unpaired) electrons. The van der Waals surface area contributed by atoms with Crippen LogP contribution in [-0.4, -0.2) is 24.6 Å². The predicted octanol–water partition coefficient (Wildman–Crippen LogP) is 2.09. The molecule has 0 aliphatic carbocycles. The highest BCUT2D eigenvalue weighted by molar-refractivity contribution is 7.85. The number of nitrogens with zero attached hydrogens (tertiary/aromatic N) is 3. The van der Waals surface area contributed by atoms with Gasteiger partial charge >= 0.3 is 11.2 Å². The summed E-state index contributed by atoms with van der Waals surface area (Å²) in [5.41, 5.74) is -3.85. The molecule has 1 unspecified atom stereocenters. The van der Waals surface area contributed by atoms with Gasteiger partial charge in [0.25, 0.3) is 0 Å². The van der Waals surface area contributed by atoms with Gasteiger partial charge in [0.15, 0.2) is 0 Å². The Hall–Kier alpha value is -2.34. The monoisotopic (exact) mass is 343 g/mol. The SMILES string of the molecule is Cc1cn(CCS(=O)C(F)(F)F)c(=O)n1-c1ccc(C#N)cc1. The Bertz CT molecular complexity index is 829. The molecule has 0 saturated heterocycles. The topological polar surface area (TPSA) is 67.8 Å². The van der Waals surface area contributed by atoms with Crippen LogP contribution in [0.15, 0.2) is 35.3 Å². The summed E-state index contributed by atoms with van der Waals surface area (Å²) in [5.74, 6) is -0.680. The van der Waals surface area contributed by atoms with Crippen LogP contribution in [0.25, 0.3) is 5.69 Å². The zero-order chi connectivity index (χ0) is 17.2. The Labute approximate surface area is 132 Å². The van der Waals surface area contributed by atoms with Gasteiger partial charge in [-0.1, -0.05) is 0 Å². The first-order valence-corrected chi connectivity index (χ1v) is 7.80. The number of imidazole rings is 1. The zero-order valence-electron chi connectivity index (χ0n) is 12.0. The van der Waals surface area contributed by atoms with Gasteiger partial charge in [-0.05, 0) is 31.2 Å². The van der Waals surface area contributed by atoms with E-state index in [9.17, 15) is 22.2 Å². The van der Waals surface area contributed by atoms with Crippen molar-refractivity contribution in [3.63, 3.8) is 0 Å². The van der Waals surface area contributed by atoms with E-state index in [0.29, 0.717) is 16.9 Å². The van der Waals surface area contributed by atoms with Crippen LogP contribution in [0.3, 0.4) is 0 Å². The second-order valence-electron chi connectivity index (χ2n) is 4.74. The van der Waals surface area contributed by atoms with Crippen molar-refractivity contribution in [2.75, 3.05) is 5.75 Å². The number of hydrogen-bond donors (Lipinski definition) is 0. The fourth-order valence-corrected chi connectivity index (χ4v) is 2.67. The molecule has 0 N–H and O–H groups in total. The van der Waals surface area contributed by atoms with E-state index in [1.165, 1.54) is 22.9 Å². The van der Waals surface area contributed by atoms with Gasteiger partial charge in [0.1, 0.15) is 10.8 Å². The molecule has 2 aromatic rings. The summed E-state index contributed by atoms with van der Waals surface area (Å²) in [6.45, 7) is 1.34. The van der Waals surface area contributed by atoms with Crippen LogP contribution in [0.1, 0.15) is 11.3 Å². The highest BCUT2D eigenvalue weighted by atomic mass is 32.2. The predicted molar refractivity (Wildman–Crippen MR) is 78.5 cm³/mol. The molecule has 5 nitrogen and oxygen atoms in total. The van der Waals surface area contributed by atoms with Crippen LogP contribution in [0.2, 0.25) is 0 Å². The van der Waals surface area contributed by atoms with Crippen LogP contribution in [0, 0.1) is 18.3 Å². The number of rotatable bonds is 4. The summed E-state index contributed by atoms with van der Waals surface area (Å²) in [7, 11) is -3.00. The maximum Gasteiger partial charge on any atom is 0.471 e. The molecule has 0 saturated carbocycles. The molecule has 9 heteroatoms. The Morgan fingerprint density at radius 1 is 1.26 bits per heavy atom. The van der Waals surface area contributed by atoms with Gasteiger partial charge in [-0.2, -0.15) is 18.4 Å². The quantitative estimate of drug-likeness (QED) is 0.854. The maximum atomic E-state index is 12.3. The van der Waals surface area contributed by atoms with Crippen molar-refractivity contribution in [1.82, 2.24) is 9.13 Å². The summed E-state index contributed by atoms with van der Waals surface area (Å²) >= 11 is 0. The summed E-state index contributed by atoms with van der Waals surface area (Å²) in [5, 5.41) is 8.76. The number of hydrogen-bond acceptors (Lipinski definition) is 3. The van der Waals surface area contributed by atoms with Crippen LogP contribution >= 0.6 is 0 Å². The number of halogens is 3. The number of nitriles is 1. The lowest BCUT2D eigenvalue weighted by atomic mass is 10.2. The normalized spacial score (nSPS) is 12.8. The number of alkyl halides is 3. The lowest BCUT2D eigenvalue weighted by molar-refractivity contribution is -0.0384. The second-order valence-corrected chi connectivity index (χ2v) is 6.30. The lowest BCUT2D eigenvalue weighted by Crippen LogP contribution is -2.28. The first-order chi connectivity index (χ1) is 10.7. The Balaban J connectivity index is 2.28. The van der Waals surface area contributed by atoms with Gasteiger partial charge in [0.05, 0.1) is 23.1 Å². The molecule has 0 aliphatic rings. The van der Waals surface area contributed by atoms with Gasteiger partial charge < -0.3 is 0 Å². The summed E-state index contributed by atoms with van der Waals surface area (Å²) in [6.07, 6.45) is 1.41. The zero-order valence-corrected chi connectivity index (χ0v) is 12.8. The van der Waals surface area contributed by atoms with Gasteiger partial charge in [-0.25, -0.2) is 4.79 Å². The van der Waals surface area contributed by atoms with Gasteiger partial charge in [0, 0.05) is 18.4 Å². The van der Waals surface area contributed by atoms with Crippen molar-refractivity contribution in [3.8, 4) is 11.8 Å². The molecule has 0 fully saturated rings. The standard InChI is InChI=1S/C14H12F3N3O2S/c1-10-9-19(6-7-23(22)14(15,16)17)13(21)20(10)12-4-2-11(8-18)3-5-12/h2-5,9H,6-7H2,1H3. The average molecular weight is 343 g/mol. The third-order valence-corrected chi connectivity index (χ3v) is 4.23. The minimum absolute atomic E-state index is 0.297. The van der Waals surface area contributed by atoms with E-state index in [-0.39, 0.29) is 6.54 Å². The largest absolute Gasteiger partial charge is 0.471 e. The number of aryl methyl sites for hydroxylation is 2. The fraction of sp³-hybridized carbons (Fsp3) is 0.286. The molecule has 0 aliphatic heterocycles. The van der Waals surface area contributed by atoms with Crippen LogP contribution in [0.5, 0.6) is 0 Å². The molecule has 1 atom stereocenters. The van der Waals surface area contributed by atoms with E-state index < -0.39 is 27.8 Å². The molecule has 2 rings (SSSR count). The van der Waals surface area contributed by atoms with Crippen molar-refractivity contribution in [2.45, 2.75) is 19.0 Å². The number of aromatic nitrogens is 2. The molecular formula is C14H12F3N3O2S. The Kier molecular flexibility index (Phi) is 4.75. The third kappa shape index (κ3) is 3.71. The average Bonchev–Trinajstić information content (AvgIpc) is 2.78. The second kappa shape index (κ2) is 6.42. The third-order valence-electron chi connectivity index (χ3n) is 3.16. The molecule has 1 heterocycles. The molecule has 1 aromatic carbocycles. The van der Waals surface area contributed by atoms with E-state index in [1.807, 2.05) is 6.07 Å². The van der Waals surface area contributed by atoms with E-state index in [2.05, 4.69) is 0 Å². The van der Waals surface area contributed by atoms with Crippen molar-refractivity contribution in [1.29, 1.82) is 5.26 Å². The van der Waals surface area contributed by atoms with E-state index in [1.54, 1.807) is 19.1 Å².